The van der Waals surface area contributed by atoms with Gasteiger partial charge < -0.3 is 20.9 Å². The first-order chi connectivity index (χ1) is 14.2. The van der Waals surface area contributed by atoms with Gasteiger partial charge in [0.15, 0.2) is 0 Å². The van der Waals surface area contributed by atoms with Crippen LogP contribution in [0.25, 0.3) is 22.4 Å². The number of benzene rings is 1. The topological polar surface area (TPSA) is 99.9 Å². The van der Waals surface area contributed by atoms with Crippen molar-refractivity contribution in [1.29, 1.82) is 0 Å². The third kappa shape index (κ3) is 4.56. The van der Waals surface area contributed by atoms with Crippen LogP contribution in [-0.4, -0.2) is 51.9 Å². The standard InChI is InChI=1S/C22H28N6O/c23-20(29)16-8-5-10-18-19(16)27-22(26-18)17-9-6-11-24-21(17)25-12-7-15-28-13-3-1-2-4-14-28/h5-6,8-11H,1-4,7,12-15H2,(H2,23,29)(H,24,25)(H,26,27). The molecule has 1 aliphatic heterocycles. The number of primary amides is 1. The van der Waals surface area contributed by atoms with Gasteiger partial charge in [-0.1, -0.05) is 18.9 Å². The first kappa shape index (κ1) is 19.4. The lowest BCUT2D eigenvalue weighted by Crippen LogP contribution is -2.27. The molecule has 0 bridgehead atoms. The number of carbonyl (C=O) groups excluding carboxylic acids is 1. The molecule has 152 valence electrons. The molecule has 0 spiro atoms. The lowest BCUT2D eigenvalue weighted by molar-refractivity contribution is 0.100. The summed E-state index contributed by atoms with van der Waals surface area (Å²) in [5.74, 6) is 1.00. The number of H-pyrrole nitrogens is 1. The average Bonchev–Trinajstić information content (AvgIpc) is 3.00. The summed E-state index contributed by atoms with van der Waals surface area (Å²) in [5, 5.41) is 3.46. The van der Waals surface area contributed by atoms with Gasteiger partial charge in [0.05, 0.1) is 22.2 Å². The Bertz CT molecular complexity index is 974. The van der Waals surface area contributed by atoms with E-state index in [1.54, 1.807) is 18.3 Å². The number of hydrogen-bond donors (Lipinski definition) is 3. The SMILES string of the molecule is NC(=O)c1cccc2nc(-c3cccnc3NCCCN3CCCCCC3)[nH]c12. The van der Waals surface area contributed by atoms with E-state index in [9.17, 15) is 4.79 Å². The number of carbonyl (C=O) groups is 1. The van der Waals surface area contributed by atoms with Crippen molar-refractivity contribution in [2.75, 3.05) is 31.5 Å². The highest BCUT2D eigenvalue weighted by Gasteiger charge is 2.15. The number of amides is 1. The van der Waals surface area contributed by atoms with Crippen LogP contribution >= 0.6 is 0 Å². The first-order valence-electron chi connectivity index (χ1n) is 10.4. The second-order valence-corrected chi connectivity index (χ2v) is 7.59. The zero-order valence-electron chi connectivity index (χ0n) is 16.7. The molecule has 1 saturated heterocycles. The second kappa shape index (κ2) is 9.05. The highest BCUT2D eigenvalue weighted by atomic mass is 16.1. The van der Waals surface area contributed by atoms with Gasteiger partial charge >= 0.3 is 0 Å². The van der Waals surface area contributed by atoms with Crippen LogP contribution in [0.3, 0.4) is 0 Å². The van der Waals surface area contributed by atoms with Crippen molar-refractivity contribution < 1.29 is 4.79 Å². The molecule has 3 heterocycles. The van der Waals surface area contributed by atoms with E-state index >= 15 is 0 Å². The molecule has 0 saturated carbocycles. The van der Waals surface area contributed by atoms with E-state index in [0.29, 0.717) is 22.4 Å². The summed E-state index contributed by atoms with van der Waals surface area (Å²) >= 11 is 0. The zero-order chi connectivity index (χ0) is 20.1. The average molecular weight is 393 g/mol. The molecule has 1 amide bonds. The van der Waals surface area contributed by atoms with Crippen LogP contribution in [0, 0.1) is 0 Å². The number of nitrogens with zero attached hydrogens (tertiary/aromatic N) is 3. The predicted octanol–water partition coefficient (Wildman–Crippen LogP) is 3.40. The number of aromatic amines is 1. The summed E-state index contributed by atoms with van der Waals surface area (Å²) in [6, 6.07) is 9.23. The molecule has 0 atom stereocenters. The fourth-order valence-electron chi connectivity index (χ4n) is 3.97. The number of imidazole rings is 1. The van der Waals surface area contributed by atoms with E-state index in [0.717, 1.165) is 30.9 Å². The molecule has 4 rings (SSSR count). The molecule has 2 aromatic heterocycles. The maximum atomic E-state index is 11.7. The van der Waals surface area contributed by atoms with Gasteiger partial charge in [0, 0.05) is 12.7 Å². The highest BCUT2D eigenvalue weighted by molar-refractivity contribution is 6.04. The molecule has 1 aromatic carbocycles. The molecular weight excluding hydrogens is 364 g/mol. The van der Waals surface area contributed by atoms with Crippen molar-refractivity contribution in [1.82, 2.24) is 19.9 Å². The van der Waals surface area contributed by atoms with Gasteiger partial charge in [0.1, 0.15) is 11.6 Å². The monoisotopic (exact) mass is 392 g/mol. The summed E-state index contributed by atoms with van der Waals surface area (Å²) in [7, 11) is 0. The normalized spacial score (nSPS) is 15.3. The molecule has 4 N–H and O–H groups in total. The summed E-state index contributed by atoms with van der Waals surface area (Å²) in [6.07, 6.45) is 8.20. The van der Waals surface area contributed by atoms with Crippen molar-refractivity contribution in [3.63, 3.8) is 0 Å². The van der Waals surface area contributed by atoms with Gasteiger partial charge in [0.2, 0.25) is 0 Å². The second-order valence-electron chi connectivity index (χ2n) is 7.59. The van der Waals surface area contributed by atoms with Crippen LogP contribution in [0.15, 0.2) is 36.5 Å². The van der Waals surface area contributed by atoms with E-state index in [1.165, 1.54) is 38.8 Å². The fourth-order valence-corrected chi connectivity index (χ4v) is 3.97. The highest BCUT2D eigenvalue weighted by Crippen LogP contribution is 2.27. The summed E-state index contributed by atoms with van der Waals surface area (Å²) in [4.78, 5) is 26.7. The minimum absolute atomic E-state index is 0.442. The van der Waals surface area contributed by atoms with Crippen molar-refractivity contribution in [3.8, 4) is 11.4 Å². The molecule has 7 heteroatoms. The van der Waals surface area contributed by atoms with E-state index in [2.05, 4.69) is 25.2 Å². The van der Waals surface area contributed by atoms with Crippen LogP contribution in [0.2, 0.25) is 0 Å². The smallest absolute Gasteiger partial charge is 0.250 e. The lowest BCUT2D eigenvalue weighted by Gasteiger charge is -2.19. The predicted molar refractivity (Wildman–Crippen MR) is 116 cm³/mol. The van der Waals surface area contributed by atoms with E-state index < -0.39 is 5.91 Å². The van der Waals surface area contributed by atoms with Gasteiger partial charge in [-0.05, 0) is 63.2 Å². The number of para-hydroxylation sites is 1. The van der Waals surface area contributed by atoms with Gasteiger partial charge in [0.25, 0.3) is 5.91 Å². The number of rotatable bonds is 7. The van der Waals surface area contributed by atoms with Crippen molar-refractivity contribution in [3.05, 3.63) is 42.1 Å². The van der Waals surface area contributed by atoms with Crippen LogP contribution in [0.4, 0.5) is 5.82 Å². The quantitative estimate of drug-likeness (QED) is 0.535. The molecule has 0 unspecified atom stereocenters. The van der Waals surface area contributed by atoms with Gasteiger partial charge in [-0.3, -0.25) is 4.79 Å². The Hall–Kier alpha value is -2.93. The number of aromatic nitrogens is 3. The third-order valence-electron chi connectivity index (χ3n) is 5.49. The van der Waals surface area contributed by atoms with Crippen LogP contribution in [0.5, 0.6) is 0 Å². The van der Waals surface area contributed by atoms with Crippen molar-refractivity contribution in [2.24, 2.45) is 5.73 Å². The Kier molecular flexibility index (Phi) is 6.05. The fraction of sp³-hybridized carbons (Fsp3) is 0.409. The first-order valence-corrected chi connectivity index (χ1v) is 10.4. The number of fused-ring (bicyclic) bond motifs is 1. The Balaban J connectivity index is 1.46. The Labute approximate surface area is 170 Å². The van der Waals surface area contributed by atoms with Gasteiger partial charge in [-0.25, -0.2) is 9.97 Å². The molecule has 1 fully saturated rings. The summed E-state index contributed by atoms with van der Waals surface area (Å²) < 4.78 is 0. The van der Waals surface area contributed by atoms with Crippen LogP contribution < -0.4 is 11.1 Å². The van der Waals surface area contributed by atoms with Gasteiger partial charge in [-0.2, -0.15) is 0 Å². The van der Waals surface area contributed by atoms with E-state index in [4.69, 9.17) is 5.73 Å². The Morgan fingerprint density at radius 1 is 1.14 bits per heavy atom. The zero-order valence-corrected chi connectivity index (χ0v) is 16.7. The summed E-state index contributed by atoms with van der Waals surface area (Å²) in [5.41, 5.74) is 8.19. The molecule has 0 radical (unpaired) electrons. The number of likely N-dealkylation sites (tertiary alicyclic amines) is 1. The maximum absolute atomic E-state index is 11.7. The molecule has 0 aliphatic carbocycles. The largest absolute Gasteiger partial charge is 0.369 e. The molecule has 1 aliphatic rings. The molecule has 3 aromatic rings. The Morgan fingerprint density at radius 2 is 1.97 bits per heavy atom. The number of anilines is 1. The number of hydrogen-bond acceptors (Lipinski definition) is 5. The minimum atomic E-state index is -0.469. The lowest BCUT2D eigenvalue weighted by atomic mass is 10.2. The van der Waals surface area contributed by atoms with Crippen molar-refractivity contribution >= 4 is 22.8 Å². The van der Waals surface area contributed by atoms with Crippen LogP contribution in [-0.2, 0) is 0 Å². The number of nitrogens with one attached hydrogen (secondary N) is 2. The molecule has 7 nitrogen and oxygen atoms in total. The van der Waals surface area contributed by atoms with Crippen molar-refractivity contribution in [2.45, 2.75) is 32.1 Å². The minimum Gasteiger partial charge on any atom is -0.369 e. The number of nitrogens with two attached hydrogens (primary N) is 1. The molecular formula is C22H28N6O. The van der Waals surface area contributed by atoms with Gasteiger partial charge in [-0.15, -0.1) is 0 Å². The summed E-state index contributed by atoms with van der Waals surface area (Å²) in [6.45, 7) is 4.40. The molecule has 29 heavy (non-hydrogen) atoms. The Morgan fingerprint density at radius 3 is 2.76 bits per heavy atom. The van der Waals surface area contributed by atoms with E-state index in [-0.39, 0.29) is 0 Å². The number of pyridine rings is 1. The van der Waals surface area contributed by atoms with Crippen LogP contribution in [0.1, 0.15) is 42.5 Å². The third-order valence-corrected chi connectivity index (χ3v) is 5.49. The van der Waals surface area contributed by atoms with E-state index in [1.807, 2.05) is 18.2 Å². The maximum Gasteiger partial charge on any atom is 0.250 e.